The first-order chi connectivity index (χ1) is 8.70. The van der Waals surface area contributed by atoms with E-state index in [1.807, 2.05) is 30.2 Å². The molecule has 1 fully saturated rings. The van der Waals surface area contributed by atoms with Crippen molar-refractivity contribution in [3.05, 3.63) is 24.0 Å². The van der Waals surface area contributed by atoms with E-state index in [1.165, 1.54) is 10.5 Å². The second-order valence-corrected chi connectivity index (χ2v) is 7.30. The van der Waals surface area contributed by atoms with Gasteiger partial charge in [0.25, 0.3) is 0 Å². The summed E-state index contributed by atoms with van der Waals surface area (Å²) in [6.45, 7) is 0.852. The number of nitrogens with zero attached hydrogens (tertiary/aromatic N) is 1. The van der Waals surface area contributed by atoms with E-state index in [0.717, 1.165) is 18.7 Å². The van der Waals surface area contributed by atoms with Crippen LogP contribution in [0.4, 0.5) is 0 Å². The van der Waals surface area contributed by atoms with Crippen LogP contribution in [0.5, 0.6) is 0 Å². The van der Waals surface area contributed by atoms with Crippen molar-refractivity contribution in [2.45, 2.75) is 28.4 Å². The molecule has 2 rings (SSSR count). The van der Waals surface area contributed by atoms with E-state index in [9.17, 15) is 4.79 Å². The summed E-state index contributed by atoms with van der Waals surface area (Å²) in [5.74, 6) is 0.680. The Labute approximate surface area is 127 Å². The van der Waals surface area contributed by atoms with E-state index >= 15 is 0 Å². The lowest BCUT2D eigenvalue weighted by atomic mass is 10.2. The Morgan fingerprint density at radius 2 is 2.50 bits per heavy atom. The third-order valence-corrected chi connectivity index (χ3v) is 6.15. The minimum atomic E-state index is -0.247. The minimum Gasteiger partial charge on any atom is -0.368 e. The van der Waals surface area contributed by atoms with E-state index in [-0.39, 0.29) is 11.9 Å². The molecule has 0 radical (unpaired) electrons. The molecule has 1 aromatic heterocycles. The van der Waals surface area contributed by atoms with Crippen molar-refractivity contribution in [3.63, 3.8) is 0 Å². The Morgan fingerprint density at radius 1 is 1.67 bits per heavy atom. The molecule has 1 amide bonds. The number of pyridine rings is 1. The van der Waals surface area contributed by atoms with Gasteiger partial charge in [0.2, 0.25) is 5.91 Å². The Kier molecular flexibility index (Phi) is 5.58. The summed E-state index contributed by atoms with van der Waals surface area (Å²) in [5, 5.41) is 3.61. The Balaban J connectivity index is 1.87. The molecule has 98 valence electrons. The van der Waals surface area contributed by atoms with Gasteiger partial charge in [-0.3, -0.25) is 9.78 Å². The predicted octanol–water partition coefficient (Wildman–Crippen LogP) is 1.97. The van der Waals surface area contributed by atoms with Crippen molar-refractivity contribution in [2.24, 2.45) is 5.73 Å². The Morgan fingerprint density at radius 3 is 3.17 bits per heavy atom. The van der Waals surface area contributed by atoms with Gasteiger partial charge in [-0.15, -0.1) is 0 Å². The fourth-order valence-corrected chi connectivity index (χ4v) is 4.76. The van der Waals surface area contributed by atoms with Gasteiger partial charge in [0.15, 0.2) is 0 Å². The summed E-state index contributed by atoms with van der Waals surface area (Å²) in [6.07, 6.45) is 4.56. The normalized spacial score (nSPS) is 23.2. The van der Waals surface area contributed by atoms with Crippen molar-refractivity contribution in [1.29, 1.82) is 0 Å². The molecule has 2 unspecified atom stereocenters. The third kappa shape index (κ3) is 3.75. The quantitative estimate of drug-likeness (QED) is 0.747. The number of primary amides is 1. The van der Waals surface area contributed by atoms with Gasteiger partial charge >= 0.3 is 0 Å². The van der Waals surface area contributed by atoms with Gasteiger partial charge in [0, 0.05) is 56.0 Å². The number of aromatic nitrogens is 1. The highest BCUT2D eigenvalue weighted by molar-refractivity contribution is 14.2. The van der Waals surface area contributed by atoms with Crippen LogP contribution in [0.3, 0.4) is 0 Å². The molecular formula is C11H14IN3OS2. The lowest BCUT2D eigenvalue weighted by Gasteiger charge is -2.10. The first kappa shape index (κ1) is 14.4. The van der Waals surface area contributed by atoms with Crippen LogP contribution in [0.1, 0.15) is 12.0 Å². The van der Waals surface area contributed by atoms with E-state index < -0.39 is 0 Å². The molecule has 0 aliphatic carbocycles. The molecule has 18 heavy (non-hydrogen) atoms. The van der Waals surface area contributed by atoms with Gasteiger partial charge in [-0.2, -0.15) is 11.8 Å². The number of carbonyl (C=O) groups is 1. The van der Waals surface area contributed by atoms with Crippen LogP contribution < -0.4 is 11.1 Å². The predicted molar refractivity (Wildman–Crippen MR) is 84.8 cm³/mol. The first-order valence-corrected chi connectivity index (χ1v) is 9.97. The highest BCUT2D eigenvalue weighted by Crippen LogP contribution is 2.32. The number of carbonyl (C=O) groups excluding carboxylic acids is 1. The summed E-state index contributed by atoms with van der Waals surface area (Å²) in [5.41, 5.74) is 6.54. The Bertz CT molecular complexity index is 433. The van der Waals surface area contributed by atoms with Crippen LogP contribution in [0.2, 0.25) is 0 Å². The van der Waals surface area contributed by atoms with Crippen molar-refractivity contribution in [2.75, 3.05) is 6.54 Å². The molecule has 1 aliphatic rings. The lowest BCUT2D eigenvalue weighted by molar-refractivity contribution is -0.119. The van der Waals surface area contributed by atoms with E-state index in [4.69, 9.17) is 5.73 Å². The number of hydrogen-bond donors (Lipinski definition) is 2. The molecule has 0 saturated carbocycles. The minimum absolute atomic E-state index is 0.158. The second-order valence-electron chi connectivity index (χ2n) is 4.09. The zero-order chi connectivity index (χ0) is 13.0. The topological polar surface area (TPSA) is 68.0 Å². The molecule has 2 atom stereocenters. The zero-order valence-electron chi connectivity index (χ0n) is 9.64. The zero-order valence-corrected chi connectivity index (χ0v) is 13.4. The largest absolute Gasteiger partial charge is 0.368 e. The van der Waals surface area contributed by atoms with Gasteiger partial charge < -0.3 is 11.1 Å². The second kappa shape index (κ2) is 6.97. The summed E-state index contributed by atoms with van der Waals surface area (Å²) in [4.78, 5) is 16.5. The first-order valence-electron chi connectivity index (χ1n) is 5.56. The van der Waals surface area contributed by atoms with Crippen molar-refractivity contribution >= 4 is 47.8 Å². The van der Waals surface area contributed by atoms with E-state index in [2.05, 4.69) is 31.5 Å². The van der Waals surface area contributed by atoms with Crippen LogP contribution in [0, 0.1) is 0 Å². The SMILES string of the molecule is NC(=O)C1CC(SCc2cnccc2SI)CN1. The molecular weight excluding hydrogens is 381 g/mol. The number of nitrogens with one attached hydrogen (secondary N) is 1. The van der Waals surface area contributed by atoms with Gasteiger partial charge in [-0.05, 0) is 18.1 Å². The summed E-state index contributed by atoms with van der Waals surface area (Å²) < 4.78 is 0. The van der Waals surface area contributed by atoms with Crippen LogP contribution in [0.15, 0.2) is 23.4 Å². The Hall–Kier alpha value is 0.01000. The average molecular weight is 395 g/mol. The number of thioether (sulfide) groups is 1. The number of halogens is 1. The van der Waals surface area contributed by atoms with Crippen LogP contribution >= 0.6 is 41.9 Å². The monoisotopic (exact) mass is 395 g/mol. The molecule has 0 bridgehead atoms. The number of hydrogen-bond acceptors (Lipinski definition) is 5. The molecule has 1 saturated heterocycles. The highest BCUT2D eigenvalue weighted by Gasteiger charge is 2.27. The molecule has 3 N–H and O–H groups in total. The molecule has 0 spiro atoms. The summed E-state index contributed by atoms with van der Waals surface area (Å²) in [6, 6.07) is 1.88. The highest BCUT2D eigenvalue weighted by atomic mass is 127. The smallest absolute Gasteiger partial charge is 0.234 e. The molecule has 7 heteroatoms. The van der Waals surface area contributed by atoms with Crippen molar-refractivity contribution < 1.29 is 4.79 Å². The van der Waals surface area contributed by atoms with Gasteiger partial charge in [0.1, 0.15) is 0 Å². The van der Waals surface area contributed by atoms with Crippen LogP contribution in [-0.4, -0.2) is 28.7 Å². The molecule has 2 heterocycles. The molecule has 4 nitrogen and oxygen atoms in total. The van der Waals surface area contributed by atoms with Crippen molar-refractivity contribution in [1.82, 2.24) is 10.3 Å². The third-order valence-electron chi connectivity index (χ3n) is 2.85. The average Bonchev–Trinajstić information content (AvgIpc) is 2.85. The van der Waals surface area contributed by atoms with Gasteiger partial charge in [-0.25, -0.2) is 0 Å². The maximum absolute atomic E-state index is 11.1. The molecule has 1 aromatic rings. The standard InChI is InChI=1S/C11H14IN3OS2/c12-18-10-1-2-14-4-7(10)6-17-8-3-9(11(13)16)15-5-8/h1-2,4,8-9,15H,3,5-6H2,(H2,13,16). The number of rotatable bonds is 5. The maximum atomic E-state index is 11.1. The van der Waals surface area contributed by atoms with Gasteiger partial charge in [-0.1, -0.05) is 8.93 Å². The summed E-state index contributed by atoms with van der Waals surface area (Å²) >= 11 is 4.15. The van der Waals surface area contributed by atoms with E-state index in [1.54, 1.807) is 8.93 Å². The van der Waals surface area contributed by atoms with Crippen LogP contribution in [0.25, 0.3) is 0 Å². The fourth-order valence-electron chi connectivity index (χ4n) is 1.85. The summed E-state index contributed by atoms with van der Waals surface area (Å²) in [7, 11) is 1.71. The van der Waals surface area contributed by atoms with Gasteiger partial charge in [0.05, 0.1) is 6.04 Å². The van der Waals surface area contributed by atoms with Crippen LogP contribution in [-0.2, 0) is 10.5 Å². The van der Waals surface area contributed by atoms with E-state index in [0.29, 0.717) is 5.25 Å². The number of amides is 1. The molecule has 1 aliphatic heterocycles. The van der Waals surface area contributed by atoms with Crippen molar-refractivity contribution in [3.8, 4) is 0 Å². The number of nitrogens with two attached hydrogens (primary N) is 1. The lowest BCUT2D eigenvalue weighted by Crippen LogP contribution is -2.36. The molecule has 0 aromatic carbocycles. The fraction of sp³-hybridized carbons (Fsp3) is 0.455. The maximum Gasteiger partial charge on any atom is 0.234 e.